The van der Waals surface area contributed by atoms with Crippen LogP contribution in [-0.4, -0.2) is 48.8 Å². The lowest BCUT2D eigenvalue weighted by Gasteiger charge is -2.18. The van der Waals surface area contributed by atoms with E-state index in [1.807, 2.05) is 0 Å². The van der Waals surface area contributed by atoms with Gasteiger partial charge in [0.25, 0.3) is 0 Å². The highest BCUT2D eigenvalue weighted by molar-refractivity contribution is 7.96. The van der Waals surface area contributed by atoms with E-state index in [1.165, 1.54) is 12.2 Å². The van der Waals surface area contributed by atoms with Crippen molar-refractivity contribution in [3.05, 3.63) is 54.6 Å². The van der Waals surface area contributed by atoms with Crippen LogP contribution in [0.2, 0.25) is 0 Å². The number of alkyl halides is 3. The summed E-state index contributed by atoms with van der Waals surface area (Å²) in [7, 11) is 0. The summed E-state index contributed by atoms with van der Waals surface area (Å²) >= 11 is 3.73. The van der Waals surface area contributed by atoms with E-state index in [4.69, 9.17) is 9.47 Å². The molecule has 1 amide bonds. The second-order valence-corrected chi connectivity index (χ2v) is 7.77. The molecule has 34 heavy (non-hydrogen) atoms. The fourth-order valence-corrected chi connectivity index (χ4v) is 3.69. The summed E-state index contributed by atoms with van der Waals surface area (Å²) in [5.41, 5.74) is -1.76. The maximum Gasteiger partial charge on any atom is 0.416 e. The number of esters is 2. The fraction of sp³-hybridized carbons (Fsp3) is 0.364. The largest absolute Gasteiger partial charge is 0.461 e. The van der Waals surface area contributed by atoms with Crippen LogP contribution >= 0.6 is 12.6 Å². The van der Waals surface area contributed by atoms with Crippen LogP contribution in [0.15, 0.2) is 43.5 Å². The van der Waals surface area contributed by atoms with Crippen LogP contribution in [-0.2, 0) is 30.0 Å². The molecule has 1 saturated heterocycles. The van der Waals surface area contributed by atoms with E-state index in [9.17, 15) is 32.3 Å². The second-order valence-electron chi connectivity index (χ2n) is 7.33. The molecule has 1 heterocycles. The molecule has 1 aliphatic heterocycles. The van der Waals surface area contributed by atoms with Gasteiger partial charge in [0, 0.05) is 6.54 Å². The molecule has 3 atom stereocenters. The van der Waals surface area contributed by atoms with E-state index in [0.29, 0.717) is 12.1 Å². The van der Waals surface area contributed by atoms with Crippen LogP contribution in [0.4, 0.5) is 18.9 Å². The Morgan fingerprint density at radius 3 is 2.41 bits per heavy atom. The third kappa shape index (κ3) is 6.94. The average Bonchev–Trinajstić information content (AvgIpc) is 3.24. The summed E-state index contributed by atoms with van der Waals surface area (Å²) in [5, 5.41) is 4.39. The van der Waals surface area contributed by atoms with Gasteiger partial charge in [0.05, 0.1) is 22.9 Å². The van der Waals surface area contributed by atoms with Crippen molar-refractivity contribution in [2.24, 2.45) is 11.8 Å². The Morgan fingerprint density at radius 1 is 1.18 bits per heavy atom. The molecule has 0 saturated carbocycles. The van der Waals surface area contributed by atoms with Crippen LogP contribution in [0.5, 0.6) is 0 Å². The Kier molecular flexibility index (Phi) is 9.45. The zero-order valence-corrected chi connectivity index (χ0v) is 18.8. The molecule has 0 spiro atoms. The zero-order chi connectivity index (χ0) is 25.5. The Labute approximate surface area is 199 Å². The molecular weight excluding hydrogens is 477 g/mol. The van der Waals surface area contributed by atoms with Gasteiger partial charge in [0.2, 0.25) is 5.91 Å². The van der Waals surface area contributed by atoms with E-state index in [0.717, 1.165) is 6.07 Å². The molecule has 0 aromatic heterocycles. The van der Waals surface area contributed by atoms with Gasteiger partial charge in [0.15, 0.2) is 5.12 Å². The molecule has 1 fully saturated rings. The lowest BCUT2D eigenvalue weighted by Crippen LogP contribution is -2.36. The van der Waals surface area contributed by atoms with Gasteiger partial charge in [-0.15, -0.1) is 12.6 Å². The lowest BCUT2D eigenvalue weighted by molar-refractivity contribution is -0.151. The van der Waals surface area contributed by atoms with Crippen LogP contribution < -0.4 is 10.6 Å². The van der Waals surface area contributed by atoms with Crippen molar-refractivity contribution < 1.29 is 41.8 Å². The number of ether oxygens (including phenoxy) is 2. The molecule has 0 aliphatic carbocycles. The molecule has 0 bridgehead atoms. The van der Waals surface area contributed by atoms with Gasteiger partial charge in [-0.1, -0.05) is 25.3 Å². The van der Waals surface area contributed by atoms with Gasteiger partial charge in [-0.2, -0.15) is 13.2 Å². The summed E-state index contributed by atoms with van der Waals surface area (Å²) in [6.07, 6.45) is -2.11. The maximum absolute atomic E-state index is 13.2. The van der Waals surface area contributed by atoms with Crippen molar-refractivity contribution in [3.63, 3.8) is 0 Å². The van der Waals surface area contributed by atoms with Crippen LogP contribution in [0, 0.1) is 11.8 Å². The number of anilines is 1. The van der Waals surface area contributed by atoms with Gasteiger partial charge in [-0.05, 0) is 30.5 Å². The third-order valence-electron chi connectivity index (χ3n) is 4.97. The summed E-state index contributed by atoms with van der Waals surface area (Å²) in [5.74, 6) is -4.42. The fourth-order valence-electron chi connectivity index (χ4n) is 3.38. The van der Waals surface area contributed by atoms with Gasteiger partial charge in [-0.25, -0.2) is 4.79 Å². The highest BCUT2D eigenvalue weighted by Crippen LogP contribution is 2.33. The van der Waals surface area contributed by atoms with Crippen molar-refractivity contribution in [3.8, 4) is 0 Å². The monoisotopic (exact) mass is 500 g/mol. The van der Waals surface area contributed by atoms with Crippen molar-refractivity contribution >= 4 is 41.3 Å². The van der Waals surface area contributed by atoms with Crippen molar-refractivity contribution in [2.75, 3.05) is 25.1 Å². The number of carbonyl (C=O) groups excluding carboxylic acids is 4. The third-order valence-corrected chi connectivity index (χ3v) is 5.25. The molecule has 0 radical (unpaired) electrons. The molecule has 12 heteroatoms. The molecule has 1 aliphatic rings. The number of halogens is 3. The molecule has 2 rings (SSSR count). The number of hydrogen-bond donors (Lipinski definition) is 3. The quantitative estimate of drug-likeness (QED) is 0.196. The van der Waals surface area contributed by atoms with E-state index in [1.54, 1.807) is 0 Å². The van der Waals surface area contributed by atoms with Gasteiger partial charge in [-0.3, -0.25) is 14.4 Å². The first-order valence-corrected chi connectivity index (χ1v) is 10.5. The van der Waals surface area contributed by atoms with Gasteiger partial charge >= 0.3 is 18.1 Å². The minimum Gasteiger partial charge on any atom is -0.461 e. The van der Waals surface area contributed by atoms with Crippen molar-refractivity contribution in [1.29, 1.82) is 0 Å². The Morgan fingerprint density at radius 2 is 1.82 bits per heavy atom. The van der Waals surface area contributed by atoms with Gasteiger partial charge in [0.1, 0.15) is 19.1 Å². The molecule has 1 aromatic rings. The minimum absolute atomic E-state index is 0.00119. The standard InChI is InChI=1S/C22H23F3N2O6S/c1-3-7-32-19(29)14-6-5-13(22(23,24)25)10-15(14)27-18(28)16-9-12(11-26-16)17(21(31)34)20(30)33-8-4-2/h3-6,10,12,16-17,26H,1-2,7-9,11H2,(H,27,28)(H,31,34)/t12-,16+,17?/m1/s1. The smallest absolute Gasteiger partial charge is 0.416 e. The molecule has 1 unspecified atom stereocenters. The summed E-state index contributed by atoms with van der Waals surface area (Å²) in [6, 6.07) is 1.27. The summed E-state index contributed by atoms with van der Waals surface area (Å²) in [6.45, 7) is 6.59. The summed E-state index contributed by atoms with van der Waals surface area (Å²) < 4.78 is 49.3. The van der Waals surface area contributed by atoms with Gasteiger partial charge < -0.3 is 20.1 Å². The Bertz CT molecular complexity index is 982. The Balaban J connectivity index is 2.21. The number of nitrogens with one attached hydrogen (secondary N) is 2. The number of rotatable bonds is 10. The number of carbonyl (C=O) groups is 4. The second kappa shape index (κ2) is 11.8. The minimum atomic E-state index is -4.72. The first-order chi connectivity index (χ1) is 16.0. The van der Waals surface area contributed by atoms with E-state index < -0.39 is 58.3 Å². The number of thiol groups is 1. The highest BCUT2D eigenvalue weighted by atomic mass is 32.1. The van der Waals surface area contributed by atoms with Crippen LogP contribution in [0.1, 0.15) is 22.3 Å². The van der Waals surface area contributed by atoms with E-state index in [-0.39, 0.29) is 31.7 Å². The summed E-state index contributed by atoms with van der Waals surface area (Å²) in [4.78, 5) is 49.1. The number of amides is 1. The van der Waals surface area contributed by atoms with Crippen molar-refractivity contribution in [2.45, 2.75) is 18.6 Å². The predicted octanol–water partition coefficient (Wildman–Crippen LogP) is 2.77. The molecular formula is C22H23F3N2O6S. The highest BCUT2D eigenvalue weighted by Gasteiger charge is 2.41. The van der Waals surface area contributed by atoms with Crippen molar-refractivity contribution in [1.82, 2.24) is 5.32 Å². The normalized spacial score (nSPS) is 18.5. The number of benzene rings is 1. The van der Waals surface area contributed by atoms with Crippen LogP contribution in [0.3, 0.4) is 0 Å². The molecule has 1 aromatic carbocycles. The molecule has 8 nitrogen and oxygen atoms in total. The maximum atomic E-state index is 13.2. The molecule has 184 valence electrons. The number of hydrogen-bond acceptors (Lipinski definition) is 7. The van der Waals surface area contributed by atoms with E-state index in [2.05, 4.69) is 36.4 Å². The predicted molar refractivity (Wildman–Crippen MR) is 119 cm³/mol. The first kappa shape index (κ1) is 27.1. The first-order valence-electron chi connectivity index (χ1n) is 10.0. The molecule has 2 N–H and O–H groups in total. The SMILES string of the molecule is C=CCOC(=O)c1ccc(C(F)(F)F)cc1NC(=O)[C@@H]1C[C@@H](C(C(=O)S)C(=O)OCC=C)CN1. The Hall–Kier alpha value is -3.12. The topological polar surface area (TPSA) is 111 Å². The lowest BCUT2D eigenvalue weighted by atomic mass is 9.90. The average molecular weight is 500 g/mol. The van der Waals surface area contributed by atoms with E-state index >= 15 is 0 Å². The zero-order valence-electron chi connectivity index (χ0n) is 17.9. The van der Waals surface area contributed by atoms with Crippen LogP contribution in [0.25, 0.3) is 0 Å².